The van der Waals surface area contributed by atoms with Gasteiger partial charge in [0.2, 0.25) is 0 Å². The smallest absolute Gasteiger partial charge is 0.140 e. The Morgan fingerprint density at radius 1 is 1.50 bits per heavy atom. The second-order valence-electron chi connectivity index (χ2n) is 4.40. The lowest BCUT2D eigenvalue weighted by Gasteiger charge is -2.35. The molecule has 4 nitrogen and oxygen atoms in total. The van der Waals surface area contributed by atoms with Crippen molar-refractivity contribution in [1.29, 1.82) is 0 Å². The van der Waals surface area contributed by atoms with Gasteiger partial charge in [0.1, 0.15) is 12.2 Å². The van der Waals surface area contributed by atoms with Crippen molar-refractivity contribution in [3.05, 3.63) is 12.2 Å². The normalized spacial score (nSPS) is 22.5. The molecule has 1 aliphatic heterocycles. The maximum atomic E-state index is 5.85. The summed E-state index contributed by atoms with van der Waals surface area (Å²) in [6.45, 7) is 2.06. The highest BCUT2D eigenvalue weighted by molar-refractivity contribution is 6.17. The maximum absolute atomic E-state index is 5.85. The number of nitrogens with zero attached hydrogens (tertiary/aromatic N) is 4. The summed E-state index contributed by atoms with van der Waals surface area (Å²) >= 11 is 5.85. The fourth-order valence-corrected chi connectivity index (χ4v) is 2.62. The fourth-order valence-electron chi connectivity index (χ4n) is 2.37. The van der Waals surface area contributed by atoms with Crippen LogP contribution in [0, 0.1) is 0 Å². The van der Waals surface area contributed by atoms with Gasteiger partial charge in [-0.2, -0.15) is 5.10 Å². The van der Waals surface area contributed by atoms with Crippen molar-refractivity contribution in [3.8, 4) is 0 Å². The highest BCUT2D eigenvalue weighted by atomic mass is 35.5. The van der Waals surface area contributed by atoms with Crippen LogP contribution in [0.1, 0.15) is 31.5 Å². The molecule has 1 fully saturated rings. The molecule has 1 saturated heterocycles. The van der Waals surface area contributed by atoms with Crippen LogP contribution in [0.5, 0.6) is 0 Å². The monoisotopic (exact) mass is 242 g/mol. The largest absolute Gasteiger partial charge is 0.293 e. The first-order valence-corrected chi connectivity index (χ1v) is 6.47. The average molecular weight is 243 g/mol. The standard InChI is InChI=1S/C11H19ClN4/c1-15-11(13-9-14-15)8-16-7-3-2-4-10(16)5-6-12/h9-10H,2-8H2,1H3. The minimum absolute atomic E-state index is 0.628. The number of piperidine rings is 1. The van der Waals surface area contributed by atoms with E-state index in [0.29, 0.717) is 6.04 Å². The molecular weight excluding hydrogens is 224 g/mol. The molecule has 16 heavy (non-hydrogen) atoms. The Morgan fingerprint density at radius 3 is 3.06 bits per heavy atom. The quantitative estimate of drug-likeness (QED) is 0.755. The third-order valence-corrected chi connectivity index (χ3v) is 3.56. The zero-order valence-electron chi connectivity index (χ0n) is 9.77. The van der Waals surface area contributed by atoms with Crippen molar-refractivity contribution < 1.29 is 0 Å². The first kappa shape index (κ1) is 11.9. The molecule has 2 rings (SSSR count). The van der Waals surface area contributed by atoms with Crippen LogP contribution >= 0.6 is 11.6 Å². The number of hydrogen-bond acceptors (Lipinski definition) is 3. The van der Waals surface area contributed by atoms with Crippen molar-refractivity contribution in [2.24, 2.45) is 7.05 Å². The SMILES string of the molecule is Cn1ncnc1CN1CCCCC1CCCl. The molecule has 0 amide bonds. The van der Waals surface area contributed by atoms with Gasteiger partial charge in [-0.25, -0.2) is 4.98 Å². The van der Waals surface area contributed by atoms with E-state index < -0.39 is 0 Å². The van der Waals surface area contributed by atoms with Gasteiger partial charge >= 0.3 is 0 Å². The van der Waals surface area contributed by atoms with Gasteiger partial charge in [0.25, 0.3) is 0 Å². The van der Waals surface area contributed by atoms with E-state index in [-0.39, 0.29) is 0 Å². The maximum Gasteiger partial charge on any atom is 0.140 e. The highest BCUT2D eigenvalue weighted by Crippen LogP contribution is 2.21. The predicted octanol–water partition coefficient (Wildman–Crippen LogP) is 1.80. The number of likely N-dealkylation sites (tertiary alicyclic amines) is 1. The number of halogens is 1. The molecular formula is C11H19ClN4. The molecule has 1 unspecified atom stereocenters. The first-order valence-electron chi connectivity index (χ1n) is 5.94. The summed E-state index contributed by atoms with van der Waals surface area (Å²) < 4.78 is 1.85. The molecule has 0 bridgehead atoms. The van der Waals surface area contributed by atoms with Crippen molar-refractivity contribution >= 4 is 11.6 Å². The van der Waals surface area contributed by atoms with E-state index in [0.717, 1.165) is 31.2 Å². The van der Waals surface area contributed by atoms with E-state index in [1.807, 2.05) is 11.7 Å². The highest BCUT2D eigenvalue weighted by Gasteiger charge is 2.22. The second-order valence-corrected chi connectivity index (χ2v) is 4.78. The Labute approximate surface area is 102 Å². The van der Waals surface area contributed by atoms with Gasteiger partial charge < -0.3 is 0 Å². The molecule has 0 N–H and O–H groups in total. The molecule has 2 heterocycles. The van der Waals surface area contributed by atoms with Gasteiger partial charge in [0, 0.05) is 19.0 Å². The molecule has 1 aromatic rings. The van der Waals surface area contributed by atoms with Crippen LogP contribution in [0.4, 0.5) is 0 Å². The minimum Gasteiger partial charge on any atom is -0.293 e. The van der Waals surface area contributed by atoms with E-state index in [2.05, 4.69) is 15.0 Å². The summed E-state index contributed by atoms with van der Waals surface area (Å²) in [5.41, 5.74) is 0. The average Bonchev–Trinajstić information content (AvgIpc) is 2.68. The summed E-state index contributed by atoms with van der Waals surface area (Å²) in [5.74, 6) is 1.79. The third-order valence-electron chi connectivity index (χ3n) is 3.34. The molecule has 1 aliphatic rings. The van der Waals surface area contributed by atoms with Crippen LogP contribution < -0.4 is 0 Å². The number of aromatic nitrogens is 3. The predicted molar refractivity (Wildman–Crippen MR) is 64.4 cm³/mol. The molecule has 0 radical (unpaired) electrons. The van der Waals surface area contributed by atoms with Gasteiger partial charge in [-0.1, -0.05) is 6.42 Å². The van der Waals surface area contributed by atoms with Crippen molar-refractivity contribution in [2.45, 2.75) is 38.3 Å². The van der Waals surface area contributed by atoms with Crippen LogP contribution in [-0.4, -0.2) is 38.1 Å². The van der Waals surface area contributed by atoms with E-state index in [1.54, 1.807) is 6.33 Å². The Bertz CT molecular complexity index is 324. The van der Waals surface area contributed by atoms with Gasteiger partial charge in [0.05, 0.1) is 6.54 Å². The van der Waals surface area contributed by atoms with Crippen LogP contribution in [0.2, 0.25) is 0 Å². The third kappa shape index (κ3) is 2.74. The molecule has 0 aliphatic carbocycles. The first-order chi connectivity index (χ1) is 7.81. The summed E-state index contributed by atoms with van der Waals surface area (Å²) in [6, 6.07) is 0.628. The second kappa shape index (κ2) is 5.64. The van der Waals surface area contributed by atoms with E-state index in [1.165, 1.54) is 19.3 Å². The van der Waals surface area contributed by atoms with E-state index in [9.17, 15) is 0 Å². The summed E-state index contributed by atoms with van der Waals surface area (Å²) in [4.78, 5) is 6.78. The zero-order valence-corrected chi connectivity index (χ0v) is 10.5. The van der Waals surface area contributed by atoms with Crippen LogP contribution in [0.15, 0.2) is 6.33 Å². The molecule has 0 spiro atoms. The van der Waals surface area contributed by atoms with Crippen LogP contribution in [0.25, 0.3) is 0 Å². The fraction of sp³-hybridized carbons (Fsp3) is 0.818. The van der Waals surface area contributed by atoms with Crippen molar-refractivity contribution in [2.75, 3.05) is 12.4 Å². The molecule has 1 atom stereocenters. The summed E-state index contributed by atoms with van der Waals surface area (Å²) in [7, 11) is 1.95. The topological polar surface area (TPSA) is 34.0 Å². The molecule has 5 heteroatoms. The lowest BCUT2D eigenvalue weighted by molar-refractivity contribution is 0.131. The lowest BCUT2D eigenvalue weighted by atomic mass is 10.00. The Morgan fingerprint density at radius 2 is 2.38 bits per heavy atom. The van der Waals surface area contributed by atoms with Gasteiger partial charge in [0.15, 0.2) is 0 Å². The van der Waals surface area contributed by atoms with Crippen LogP contribution in [-0.2, 0) is 13.6 Å². The Hall–Kier alpha value is -0.610. The Balaban J connectivity index is 1.98. The van der Waals surface area contributed by atoms with Crippen molar-refractivity contribution in [1.82, 2.24) is 19.7 Å². The summed E-state index contributed by atoms with van der Waals surface area (Å²) in [5, 5.41) is 4.11. The van der Waals surface area contributed by atoms with Crippen molar-refractivity contribution in [3.63, 3.8) is 0 Å². The molecule has 90 valence electrons. The van der Waals surface area contributed by atoms with Crippen LogP contribution in [0.3, 0.4) is 0 Å². The summed E-state index contributed by atoms with van der Waals surface area (Å²) in [6.07, 6.45) is 6.59. The van der Waals surface area contributed by atoms with Gasteiger partial charge in [-0.15, -0.1) is 11.6 Å². The lowest BCUT2D eigenvalue weighted by Crippen LogP contribution is -2.39. The zero-order chi connectivity index (χ0) is 11.4. The van der Waals surface area contributed by atoms with E-state index >= 15 is 0 Å². The molecule has 0 aromatic carbocycles. The van der Waals surface area contributed by atoms with Gasteiger partial charge in [-0.3, -0.25) is 9.58 Å². The minimum atomic E-state index is 0.628. The molecule has 1 aromatic heterocycles. The van der Waals surface area contributed by atoms with Gasteiger partial charge in [-0.05, 0) is 25.8 Å². The number of aryl methyl sites for hydroxylation is 1. The Kier molecular flexibility index (Phi) is 4.18. The number of hydrogen-bond donors (Lipinski definition) is 0. The van der Waals surface area contributed by atoms with E-state index in [4.69, 9.17) is 11.6 Å². The number of rotatable bonds is 4. The number of alkyl halides is 1. The molecule has 0 saturated carbocycles.